The third kappa shape index (κ3) is 4.28. The van der Waals surface area contributed by atoms with Crippen molar-refractivity contribution in [3.05, 3.63) is 35.4 Å². The molecule has 0 saturated carbocycles. The van der Waals surface area contributed by atoms with Gasteiger partial charge in [0.2, 0.25) is 11.8 Å². The van der Waals surface area contributed by atoms with Gasteiger partial charge in [0.1, 0.15) is 5.76 Å². The lowest BCUT2D eigenvalue weighted by Gasteiger charge is -2.26. The molecule has 1 aliphatic rings. The predicted octanol–water partition coefficient (Wildman–Crippen LogP) is 2.72. The number of amides is 1. The van der Waals surface area contributed by atoms with Crippen molar-refractivity contribution in [1.29, 1.82) is 0 Å². The van der Waals surface area contributed by atoms with Crippen LogP contribution < -0.4 is 0 Å². The summed E-state index contributed by atoms with van der Waals surface area (Å²) < 4.78 is 11.1. The van der Waals surface area contributed by atoms with E-state index in [2.05, 4.69) is 28.9 Å². The normalized spacial score (nSPS) is 18.2. The first-order valence-corrected chi connectivity index (χ1v) is 8.78. The number of hydrogen-bond acceptors (Lipinski definition) is 6. The molecule has 1 saturated heterocycles. The summed E-state index contributed by atoms with van der Waals surface area (Å²) in [5, 5.41) is 3.93. The van der Waals surface area contributed by atoms with Gasteiger partial charge in [0.05, 0.1) is 25.0 Å². The maximum atomic E-state index is 12.2. The number of nitrogens with zero attached hydrogens (tertiary/aromatic N) is 4. The van der Waals surface area contributed by atoms with E-state index in [0.29, 0.717) is 18.4 Å². The standard InChI is InChI=1S/C18H26N4O3/c1-12(2)17-8-19-18(24-17)11-22(14(4)23)15-5-6-21(9-15)10-16-7-13(3)20-25-16/h7-8,12,15H,5-6,9-11H2,1-4H3/t15-/m1/s1. The number of aryl methyl sites for hydroxylation is 1. The molecule has 0 N–H and O–H groups in total. The Balaban J connectivity index is 1.61. The molecular weight excluding hydrogens is 320 g/mol. The molecule has 1 aliphatic heterocycles. The van der Waals surface area contributed by atoms with Crippen LogP contribution in [0.1, 0.15) is 56.2 Å². The van der Waals surface area contributed by atoms with Crippen molar-refractivity contribution in [3.8, 4) is 0 Å². The van der Waals surface area contributed by atoms with Gasteiger partial charge in [0.15, 0.2) is 5.76 Å². The number of oxazole rings is 1. The molecule has 1 amide bonds. The highest BCUT2D eigenvalue weighted by Gasteiger charge is 2.30. The second-order valence-corrected chi connectivity index (χ2v) is 7.07. The highest BCUT2D eigenvalue weighted by atomic mass is 16.5. The lowest BCUT2D eigenvalue weighted by molar-refractivity contribution is -0.132. The Bertz CT molecular complexity index is 721. The van der Waals surface area contributed by atoms with Crippen LogP contribution in [0.25, 0.3) is 0 Å². The Labute approximate surface area is 148 Å². The Morgan fingerprint density at radius 1 is 1.48 bits per heavy atom. The molecule has 0 spiro atoms. The molecule has 0 aromatic carbocycles. The van der Waals surface area contributed by atoms with Gasteiger partial charge >= 0.3 is 0 Å². The van der Waals surface area contributed by atoms with Gasteiger partial charge in [-0.05, 0) is 13.3 Å². The average molecular weight is 346 g/mol. The van der Waals surface area contributed by atoms with E-state index in [1.165, 1.54) is 0 Å². The minimum atomic E-state index is 0.0478. The maximum Gasteiger partial charge on any atom is 0.220 e. The number of likely N-dealkylation sites (tertiary alicyclic amines) is 1. The van der Waals surface area contributed by atoms with E-state index in [9.17, 15) is 4.79 Å². The molecule has 0 radical (unpaired) electrons. The van der Waals surface area contributed by atoms with E-state index in [1.807, 2.05) is 17.9 Å². The largest absolute Gasteiger partial charge is 0.444 e. The minimum Gasteiger partial charge on any atom is -0.444 e. The lowest BCUT2D eigenvalue weighted by Crippen LogP contribution is -2.40. The molecule has 7 heteroatoms. The predicted molar refractivity (Wildman–Crippen MR) is 91.7 cm³/mol. The minimum absolute atomic E-state index is 0.0478. The first kappa shape index (κ1) is 17.7. The van der Waals surface area contributed by atoms with Gasteiger partial charge in [-0.25, -0.2) is 4.98 Å². The van der Waals surface area contributed by atoms with Crippen molar-refractivity contribution in [1.82, 2.24) is 19.9 Å². The third-order valence-corrected chi connectivity index (χ3v) is 4.60. The van der Waals surface area contributed by atoms with E-state index in [-0.39, 0.29) is 11.9 Å². The van der Waals surface area contributed by atoms with Gasteiger partial charge in [-0.2, -0.15) is 0 Å². The van der Waals surface area contributed by atoms with Crippen molar-refractivity contribution in [2.24, 2.45) is 0 Å². The molecule has 3 rings (SSSR count). The fourth-order valence-electron chi connectivity index (χ4n) is 3.23. The Kier molecular flexibility index (Phi) is 5.22. The molecule has 0 aliphatic carbocycles. The zero-order valence-electron chi connectivity index (χ0n) is 15.4. The van der Waals surface area contributed by atoms with E-state index < -0.39 is 0 Å². The molecule has 25 heavy (non-hydrogen) atoms. The number of rotatable bonds is 6. The van der Waals surface area contributed by atoms with Crippen molar-refractivity contribution >= 4 is 5.91 Å². The summed E-state index contributed by atoms with van der Waals surface area (Å²) in [6.07, 6.45) is 2.69. The number of carbonyl (C=O) groups excluding carboxylic acids is 1. The van der Waals surface area contributed by atoms with E-state index >= 15 is 0 Å². The Morgan fingerprint density at radius 3 is 2.88 bits per heavy atom. The van der Waals surface area contributed by atoms with Gasteiger partial charge in [0.25, 0.3) is 0 Å². The monoisotopic (exact) mass is 346 g/mol. The molecule has 3 heterocycles. The van der Waals surface area contributed by atoms with E-state index in [1.54, 1.807) is 13.1 Å². The summed E-state index contributed by atoms with van der Waals surface area (Å²) in [5.41, 5.74) is 0.890. The van der Waals surface area contributed by atoms with Gasteiger partial charge in [-0.1, -0.05) is 19.0 Å². The van der Waals surface area contributed by atoms with E-state index in [0.717, 1.165) is 43.3 Å². The number of hydrogen-bond donors (Lipinski definition) is 0. The maximum absolute atomic E-state index is 12.2. The van der Waals surface area contributed by atoms with Crippen LogP contribution in [0.3, 0.4) is 0 Å². The molecule has 0 bridgehead atoms. The topological polar surface area (TPSA) is 75.6 Å². The zero-order valence-corrected chi connectivity index (χ0v) is 15.4. The fraction of sp³-hybridized carbons (Fsp3) is 0.611. The zero-order chi connectivity index (χ0) is 18.0. The van der Waals surface area contributed by atoms with Crippen LogP contribution in [-0.4, -0.2) is 45.0 Å². The summed E-state index contributed by atoms with van der Waals surface area (Å²) in [7, 11) is 0. The SMILES string of the molecule is CC(=O)N(Cc1ncc(C(C)C)o1)[C@@H]1CCN(Cc2cc(C)no2)C1. The van der Waals surface area contributed by atoms with Gasteiger partial charge < -0.3 is 13.8 Å². The molecule has 136 valence electrons. The molecule has 2 aromatic rings. The first-order valence-electron chi connectivity index (χ1n) is 8.78. The summed E-state index contributed by atoms with van der Waals surface area (Å²) in [6, 6.07) is 2.12. The summed E-state index contributed by atoms with van der Waals surface area (Å²) >= 11 is 0. The fourth-order valence-corrected chi connectivity index (χ4v) is 3.23. The second kappa shape index (κ2) is 7.39. The lowest BCUT2D eigenvalue weighted by atomic mass is 10.2. The summed E-state index contributed by atoms with van der Waals surface area (Å²) in [6.45, 7) is 10.5. The van der Waals surface area contributed by atoms with Crippen molar-refractivity contribution < 1.29 is 13.7 Å². The highest BCUT2D eigenvalue weighted by Crippen LogP contribution is 2.22. The summed E-state index contributed by atoms with van der Waals surface area (Å²) in [4.78, 5) is 20.6. The average Bonchev–Trinajstić information content (AvgIpc) is 3.26. The molecule has 2 aromatic heterocycles. The van der Waals surface area contributed by atoms with Crippen LogP contribution in [0.5, 0.6) is 0 Å². The molecule has 0 unspecified atom stereocenters. The van der Waals surface area contributed by atoms with Gasteiger partial charge in [-0.3, -0.25) is 9.69 Å². The summed E-state index contributed by atoms with van der Waals surface area (Å²) in [5.74, 6) is 2.66. The molecule has 1 fully saturated rings. The molecular formula is C18H26N4O3. The number of carbonyl (C=O) groups is 1. The van der Waals surface area contributed by atoms with Crippen molar-refractivity contribution in [3.63, 3.8) is 0 Å². The first-order chi connectivity index (χ1) is 11.9. The van der Waals surface area contributed by atoms with Gasteiger partial charge in [0, 0.05) is 38.0 Å². The molecule has 1 atom stereocenters. The smallest absolute Gasteiger partial charge is 0.220 e. The van der Waals surface area contributed by atoms with Crippen molar-refractivity contribution in [2.45, 2.75) is 59.2 Å². The second-order valence-electron chi connectivity index (χ2n) is 7.07. The van der Waals surface area contributed by atoms with Gasteiger partial charge in [-0.15, -0.1) is 0 Å². The van der Waals surface area contributed by atoms with Crippen LogP contribution in [-0.2, 0) is 17.9 Å². The quantitative estimate of drug-likeness (QED) is 0.800. The van der Waals surface area contributed by atoms with Crippen LogP contribution in [0.2, 0.25) is 0 Å². The van der Waals surface area contributed by atoms with Crippen LogP contribution in [0.4, 0.5) is 0 Å². The van der Waals surface area contributed by atoms with E-state index in [4.69, 9.17) is 8.94 Å². The van der Waals surface area contributed by atoms with Crippen molar-refractivity contribution in [2.75, 3.05) is 13.1 Å². The van der Waals surface area contributed by atoms with Crippen LogP contribution in [0, 0.1) is 6.92 Å². The third-order valence-electron chi connectivity index (χ3n) is 4.60. The van der Waals surface area contributed by atoms with Crippen LogP contribution in [0.15, 0.2) is 21.2 Å². The molecule has 7 nitrogen and oxygen atoms in total. The Morgan fingerprint density at radius 2 is 2.28 bits per heavy atom. The highest BCUT2D eigenvalue weighted by molar-refractivity contribution is 5.73. The van der Waals surface area contributed by atoms with Crippen LogP contribution >= 0.6 is 0 Å². The Hall–Kier alpha value is -2.15. The number of aromatic nitrogens is 2.